The van der Waals surface area contributed by atoms with Gasteiger partial charge in [0.05, 0.1) is 0 Å². The molecular formula is C13H22N2O2. The molecule has 1 aliphatic heterocycles. The van der Waals surface area contributed by atoms with E-state index in [0.717, 1.165) is 19.3 Å². The largest absolute Gasteiger partial charge is 0.342 e. The number of carbonyl (C=O) groups excluding carboxylic acids is 2. The van der Waals surface area contributed by atoms with Crippen LogP contribution in [0.25, 0.3) is 0 Å². The molecule has 96 valence electrons. The highest BCUT2D eigenvalue weighted by atomic mass is 16.2. The fourth-order valence-electron chi connectivity index (χ4n) is 2.91. The molecular weight excluding hydrogens is 216 g/mol. The SMILES string of the molecule is CC(C)C1NC(=O)C(C)N(C2(C)CCC2)C1=O. The van der Waals surface area contributed by atoms with Crippen LogP contribution in [0.2, 0.25) is 0 Å². The van der Waals surface area contributed by atoms with Crippen molar-refractivity contribution in [2.45, 2.75) is 64.6 Å². The molecule has 2 amide bonds. The van der Waals surface area contributed by atoms with Crippen LogP contribution in [-0.4, -0.2) is 34.3 Å². The van der Waals surface area contributed by atoms with Crippen LogP contribution in [0.3, 0.4) is 0 Å². The van der Waals surface area contributed by atoms with Gasteiger partial charge in [-0.1, -0.05) is 13.8 Å². The van der Waals surface area contributed by atoms with Crippen molar-refractivity contribution in [3.8, 4) is 0 Å². The first-order chi connectivity index (χ1) is 7.87. The summed E-state index contributed by atoms with van der Waals surface area (Å²) in [4.78, 5) is 26.3. The van der Waals surface area contributed by atoms with Crippen LogP contribution in [0, 0.1) is 5.92 Å². The summed E-state index contributed by atoms with van der Waals surface area (Å²) in [7, 11) is 0. The second kappa shape index (κ2) is 4.00. The maximum absolute atomic E-state index is 12.5. The Morgan fingerprint density at radius 3 is 2.35 bits per heavy atom. The second-order valence-corrected chi connectivity index (χ2v) is 5.96. The molecule has 0 radical (unpaired) electrons. The van der Waals surface area contributed by atoms with Crippen molar-refractivity contribution in [3.63, 3.8) is 0 Å². The van der Waals surface area contributed by atoms with Gasteiger partial charge in [0.15, 0.2) is 0 Å². The number of hydrogen-bond acceptors (Lipinski definition) is 2. The van der Waals surface area contributed by atoms with Crippen molar-refractivity contribution in [3.05, 3.63) is 0 Å². The Morgan fingerprint density at radius 1 is 1.35 bits per heavy atom. The average molecular weight is 238 g/mol. The Morgan fingerprint density at radius 2 is 1.94 bits per heavy atom. The summed E-state index contributed by atoms with van der Waals surface area (Å²) in [6.07, 6.45) is 3.18. The molecule has 1 saturated heterocycles. The normalized spacial score (nSPS) is 32.4. The van der Waals surface area contributed by atoms with E-state index in [1.54, 1.807) is 0 Å². The molecule has 0 aromatic rings. The minimum absolute atomic E-state index is 0.0172. The maximum atomic E-state index is 12.5. The summed E-state index contributed by atoms with van der Waals surface area (Å²) >= 11 is 0. The molecule has 0 aromatic carbocycles. The number of hydrogen-bond donors (Lipinski definition) is 1. The van der Waals surface area contributed by atoms with Crippen LogP contribution in [0.4, 0.5) is 0 Å². The molecule has 2 atom stereocenters. The molecule has 0 aromatic heterocycles. The lowest BCUT2D eigenvalue weighted by Crippen LogP contribution is -2.70. The highest BCUT2D eigenvalue weighted by Crippen LogP contribution is 2.40. The summed E-state index contributed by atoms with van der Waals surface area (Å²) < 4.78 is 0. The van der Waals surface area contributed by atoms with E-state index in [9.17, 15) is 9.59 Å². The van der Waals surface area contributed by atoms with E-state index in [2.05, 4.69) is 12.2 Å². The van der Waals surface area contributed by atoms with Crippen molar-refractivity contribution in [2.24, 2.45) is 5.92 Å². The van der Waals surface area contributed by atoms with Crippen LogP contribution in [0.1, 0.15) is 47.0 Å². The predicted octanol–water partition coefficient (Wildman–Crippen LogP) is 1.30. The summed E-state index contributed by atoms with van der Waals surface area (Å²) in [6, 6.07) is -0.682. The first-order valence-corrected chi connectivity index (χ1v) is 6.50. The second-order valence-electron chi connectivity index (χ2n) is 5.96. The molecule has 4 nitrogen and oxygen atoms in total. The van der Waals surface area contributed by atoms with Crippen LogP contribution in [0.15, 0.2) is 0 Å². The topological polar surface area (TPSA) is 49.4 Å². The third-order valence-corrected chi connectivity index (χ3v) is 4.25. The van der Waals surface area contributed by atoms with E-state index in [1.807, 2.05) is 25.7 Å². The van der Waals surface area contributed by atoms with Crippen molar-refractivity contribution in [1.29, 1.82) is 0 Å². The van der Waals surface area contributed by atoms with Gasteiger partial charge in [0.1, 0.15) is 12.1 Å². The fourth-order valence-corrected chi connectivity index (χ4v) is 2.91. The molecule has 1 heterocycles. The third-order valence-electron chi connectivity index (χ3n) is 4.25. The molecule has 1 N–H and O–H groups in total. The van der Waals surface area contributed by atoms with Gasteiger partial charge in [-0.2, -0.15) is 0 Å². The van der Waals surface area contributed by atoms with Gasteiger partial charge < -0.3 is 10.2 Å². The van der Waals surface area contributed by atoms with E-state index in [0.29, 0.717) is 0 Å². The van der Waals surface area contributed by atoms with Crippen LogP contribution in [-0.2, 0) is 9.59 Å². The number of nitrogens with one attached hydrogen (secondary N) is 1. The van der Waals surface area contributed by atoms with Crippen LogP contribution >= 0.6 is 0 Å². The van der Waals surface area contributed by atoms with Crippen LogP contribution in [0.5, 0.6) is 0 Å². The molecule has 2 unspecified atom stereocenters. The zero-order valence-corrected chi connectivity index (χ0v) is 11.1. The highest BCUT2D eigenvalue weighted by Gasteiger charge is 2.49. The molecule has 2 rings (SSSR count). The van der Waals surface area contributed by atoms with Gasteiger partial charge in [-0.05, 0) is 39.0 Å². The number of carbonyl (C=O) groups is 2. The average Bonchev–Trinajstić information content (AvgIpc) is 2.20. The lowest BCUT2D eigenvalue weighted by molar-refractivity contribution is -0.161. The number of rotatable bonds is 2. The lowest BCUT2D eigenvalue weighted by Gasteiger charge is -2.53. The molecule has 1 saturated carbocycles. The molecule has 17 heavy (non-hydrogen) atoms. The smallest absolute Gasteiger partial charge is 0.246 e. The highest BCUT2D eigenvalue weighted by molar-refractivity contribution is 5.97. The summed E-state index contributed by atoms with van der Waals surface area (Å²) in [5.74, 6) is 0.218. The molecule has 0 spiro atoms. The van der Waals surface area contributed by atoms with Crippen molar-refractivity contribution in [1.82, 2.24) is 10.2 Å². The molecule has 1 aliphatic carbocycles. The fraction of sp³-hybridized carbons (Fsp3) is 0.846. The van der Waals surface area contributed by atoms with Crippen LogP contribution < -0.4 is 5.32 Å². The monoisotopic (exact) mass is 238 g/mol. The Kier molecular flexibility index (Phi) is 2.92. The zero-order valence-electron chi connectivity index (χ0n) is 11.1. The predicted molar refractivity (Wildman–Crippen MR) is 65.3 cm³/mol. The Labute approximate surface area is 103 Å². The summed E-state index contributed by atoms with van der Waals surface area (Å²) in [6.45, 7) is 7.87. The van der Waals surface area contributed by atoms with Gasteiger partial charge in [0.25, 0.3) is 0 Å². The van der Waals surface area contributed by atoms with Crippen molar-refractivity contribution >= 4 is 11.8 Å². The molecule has 2 fully saturated rings. The summed E-state index contributed by atoms with van der Waals surface area (Å²) in [5, 5.41) is 2.84. The first kappa shape index (κ1) is 12.4. The standard InChI is InChI=1S/C13H22N2O2/c1-8(2)10-12(17)15(9(3)11(16)14-10)13(4)6-5-7-13/h8-10H,5-7H2,1-4H3,(H,14,16). The molecule has 0 bridgehead atoms. The van der Waals surface area contributed by atoms with Gasteiger partial charge in [-0.25, -0.2) is 0 Å². The van der Waals surface area contributed by atoms with Gasteiger partial charge >= 0.3 is 0 Å². The number of nitrogens with zero attached hydrogens (tertiary/aromatic N) is 1. The van der Waals surface area contributed by atoms with Gasteiger partial charge in [-0.15, -0.1) is 0 Å². The minimum Gasteiger partial charge on any atom is -0.342 e. The minimum atomic E-state index is -0.351. The molecule has 4 heteroatoms. The van der Waals surface area contributed by atoms with E-state index < -0.39 is 0 Å². The van der Waals surface area contributed by atoms with Gasteiger partial charge in [-0.3, -0.25) is 9.59 Å². The molecule has 2 aliphatic rings. The van der Waals surface area contributed by atoms with E-state index in [1.165, 1.54) is 0 Å². The van der Waals surface area contributed by atoms with E-state index >= 15 is 0 Å². The zero-order chi connectivity index (χ0) is 12.8. The quantitative estimate of drug-likeness (QED) is 0.788. The Bertz CT molecular complexity index is 347. The van der Waals surface area contributed by atoms with Crippen molar-refractivity contribution < 1.29 is 9.59 Å². The van der Waals surface area contributed by atoms with E-state index in [-0.39, 0.29) is 35.4 Å². The lowest BCUT2D eigenvalue weighted by atomic mass is 9.75. The summed E-state index contributed by atoms with van der Waals surface area (Å²) in [5.41, 5.74) is -0.0958. The first-order valence-electron chi connectivity index (χ1n) is 6.50. The number of amides is 2. The third kappa shape index (κ3) is 1.83. The van der Waals surface area contributed by atoms with Crippen molar-refractivity contribution in [2.75, 3.05) is 0 Å². The Balaban J connectivity index is 2.27. The number of piperazine rings is 1. The van der Waals surface area contributed by atoms with E-state index in [4.69, 9.17) is 0 Å². The Hall–Kier alpha value is -1.06. The maximum Gasteiger partial charge on any atom is 0.246 e. The van der Waals surface area contributed by atoms with Gasteiger partial charge in [0.2, 0.25) is 11.8 Å². The van der Waals surface area contributed by atoms with Gasteiger partial charge in [0, 0.05) is 5.54 Å².